The third-order valence-electron chi connectivity index (χ3n) is 1.92. The Hall–Kier alpha value is -2.04. The number of hydrogen-bond donors (Lipinski definition) is 2. The number of carboxylic acids is 1. The van der Waals surface area contributed by atoms with Gasteiger partial charge >= 0.3 is 12.1 Å². The van der Waals surface area contributed by atoms with Crippen LogP contribution in [0, 0.1) is 0 Å². The molecule has 0 aliphatic carbocycles. The van der Waals surface area contributed by atoms with Crippen LogP contribution in [-0.4, -0.2) is 23.2 Å². The number of ether oxygens (including phenoxy) is 1. The summed E-state index contributed by atoms with van der Waals surface area (Å²) in [5.74, 6) is -1.10. The van der Waals surface area contributed by atoms with E-state index in [1.54, 1.807) is 0 Å². The van der Waals surface area contributed by atoms with Gasteiger partial charge in [0, 0.05) is 0 Å². The van der Waals surface area contributed by atoms with Crippen molar-refractivity contribution in [2.75, 3.05) is 0 Å². The van der Waals surface area contributed by atoms with Gasteiger partial charge in [-0.3, -0.25) is 4.79 Å². The maximum absolute atomic E-state index is 11.1. The molecule has 0 radical (unpaired) electrons. The predicted molar refractivity (Wildman–Crippen MR) is 56.9 cm³/mol. The zero-order valence-electron chi connectivity index (χ0n) is 8.84. The van der Waals surface area contributed by atoms with E-state index >= 15 is 0 Å². The van der Waals surface area contributed by atoms with Gasteiger partial charge in [-0.2, -0.15) is 0 Å². The Labute approximate surface area is 93.0 Å². The van der Waals surface area contributed by atoms with Crippen molar-refractivity contribution in [3.05, 3.63) is 35.9 Å². The van der Waals surface area contributed by atoms with Crippen molar-refractivity contribution in [2.45, 2.75) is 19.6 Å². The minimum Gasteiger partial charge on any atom is -0.480 e. The molecule has 0 heterocycles. The fourth-order valence-electron chi connectivity index (χ4n) is 1.00. The summed E-state index contributed by atoms with van der Waals surface area (Å²) in [5.41, 5.74) is 0.848. The van der Waals surface area contributed by atoms with Crippen molar-refractivity contribution < 1.29 is 19.4 Å². The van der Waals surface area contributed by atoms with Gasteiger partial charge < -0.3 is 15.2 Å². The lowest BCUT2D eigenvalue weighted by molar-refractivity contribution is -0.138. The third kappa shape index (κ3) is 4.00. The summed E-state index contributed by atoms with van der Waals surface area (Å²) >= 11 is 0. The topological polar surface area (TPSA) is 75.6 Å². The predicted octanol–water partition coefficient (Wildman–Crippen LogP) is 1.39. The highest BCUT2D eigenvalue weighted by Gasteiger charge is 2.14. The number of carbonyl (C=O) groups excluding carboxylic acids is 1. The Bertz CT molecular complexity index is 364. The van der Waals surface area contributed by atoms with E-state index in [9.17, 15) is 9.59 Å². The van der Waals surface area contributed by atoms with Gasteiger partial charge in [0.15, 0.2) is 0 Å². The third-order valence-corrected chi connectivity index (χ3v) is 1.92. The van der Waals surface area contributed by atoms with E-state index in [0.717, 1.165) is 5.56 Å². The molecule has 0 aliphatic rings. The highest BCUT2D eigenvalue weighted by Crippen LogP contribution is 2.00. The highest BCUT2D eigenvalue weighted by atomic mass is 16.6. The molecule has 0 spiro atoms. The highest BCUT2D eigenvalue weighted by molar-refractivity contribution is 5.79. The molecule has 2 N–H and O–H groups in total. The van der Waals surface area contributed by atoms with Gasteiger partial charge in [0.05, 0.1) is 0 Å². The molecule has 1 amide bonds. The second-order valence-corrected chi connectivity index (χ2v) is 3.27. The molecule has 1 atom stereocenters. The van der Waals surface area contributed by atoms with Crippen LogP contribution in [0.2, 0.25) is 0 Å². The summed E-state index contributed by atoms with van der Waals surface area (Å²) in [4.78, 5) is 21.6. The summed E-state index contributed by atoms with van der Waals surface area (Å²) in [7, 11) is 0. The quantitative estimate of drug-likeness (QED) is 0.602. The summed E-state index contributed by atoms with van der Waals surface area (Å²) < 4.78 is 4.84. The zero-order chi connectivity index (χ0) is 12.0. The van der Waals surface area contributed by atoms with Crippen LogP contribution in [-0.2, 0) is 16.1 Å². The molecule has 1 aromatic carbocycles. The van der Waals surface area contributed by atoms with Crippen LogP contribution in [0.1, 0.15) is 12.5 Å². The Balaban J connectivity index is 2.33. The lowest BCUT2D eigenvalue weighted by Gasteiger charge is -2.09. The summed E-state index contributed by atoms with van der Waals surface area (Å²) in [6.07, 6.45) is -0.737. The van der Waals surface area contributed by atoms with Gasteiger partial charge in [0.25, 0.3) is 0 Å². The van der Waals surface area contributed by atoms with Crippen molar-refractivity contribution in [1.82, 2.24) is 5.32 Å². The molecule has 0 bridgehead atoms. The Kier molecular flexibility index (Phi) is 4.32. The van der Waals surface area contributed by atoms with Crippen LogP contribution in [0.15, 0.2) is 30.3 Å². The number of rotatable bonds is 4. The van der Waals surface area contributed by atoms with Crippen molar-refractivity contribution in [3.8, 4) is 0 Å². The van der Waals surface area contributed by atoms with Crippen molar-refractivity contribution in [2.24, 2.45) is 0 Å². The van der Waals surface area contributed by atoms with Crippen LogP contribution in [0.3, 0.4) is 0 Å². The number of carboxylic acid groups (broad SMARTS) is 1. The lowest BCUT2D eigenvalue weighted by atomic mass is 10.2. The first-order valence-corrected chi connectivity index (χ1v) is 4.79. The van der Waals surface area contributed by atoms with E-state index in [1.807, 2.05) is 30.3 Å². The van der Waals surface area contributed by atoms with Gasteiger partial charge in [-0.05, 0) is 12.5 Å². The van der Waals surface area contributed by atoms with E-state index < -0.39 is 18.1 Å². The number of aliphatic carboxylic acids is 1. The number of amides is 1. The van der Waals surface area contributed by atoms with E-state index in [1.165, 1.54) is 6.92 Å². The average molecular weight is 227 g/mol. The monoisotopic (exact) mass is 227 g/mol. The zero-order valence-corrected chi connectivity index (χ0v) is 8.84. The van der Waals surface area contributed by atoms with E-state index in [-0.39, 0.29) is 6.61 Å². The molecule has 5 heteroatoms. The Morgan fingerprint density at radius 3 is 2.56 bits per heavy atom. The summed E-state index contributed by atoms with van der Waals surface area (Å²) in [6, 6.07) is 8.19. The van der Waals surface area contributed by atoms with Gasteiger partial charge in [0.2, 0.25) is 0 Å². The maximum atomic E-state index is 11.1. The van der Waals surface area contributed by atoms with E-state index in [4.69, 9.17) is 9.84 Å². The first-order chi connectivity index (χ1) is 7.59. The molecule has 0 unspecified atom stereocenters. The molecule has 0 aromatic heterocycles. The fourth-order valence-corrected chi connectivity index (χ4v) is 1.00. The molecule has 5 nitrogen and oxygen atoms in total. The SMILES string of the molecule is [13CH3][13C@H]([15NH]C(=O)OCc1ccccc1)[13C](=O)O. The van der Waals surface area contributed by atoms with Crippen LogP contribution < -0.4 is 5.32 Å². The van der Waals surface area contributed by atoms with Crippen LogP contribution in [0.25, 0.3) is 0 Å². The molecule has 1 aromatic rings. The number of hydrogen-bond acceptors (Lipinski definition) is 3. The lowest BCUT2D eigenvalue weighted by Crippen LogP contribution is -2.38. The fraction of sp³-hybridized carbons (Fsp3) is 0.273. The molecule has 16 heavy (non-hydrogen) atoms. The van der Waals surface area contributed by atoms with Gasteiger partial charge in [0.1, 0.15) is 12.6 Å². The number of carbonyl (C=O) groups is 2. The van der Waals surface area contributed by atoms with Crippen molar-refractivity contribution in [1.29, 1.82) is 0 Å². The maximum Gasteiger partial charge on any atom is 0.408 e. The summed E-state index contributed by atoms with van der Waals surface area (Å²) in [5, 5.41) is 10.7. The Morgan fingerprint density at radius 2 is 2.00 bits per heavy atom. The first-order valence-electron chi connectivity index (χ1n) is 4.79. The van der Waals surface area contributed by atoms with Crippen LogP contribution in [0.5, 0.6) is 0 Å². The minimum absolute atomic E-state index is 0.124. The van der Waals surface area contributed by atoms with Crippen molar-refractivity contribution >= 4 is 12.1 Å². The molecule has 0 aliphatic heterocycles. The van der Waals surface area contributed by atoms with Gasteiger partial charge in [-0.1, -0.05) is 30.3 Å². The minimum atomic E-state index is -1.10. The van der Waals surface area contributed by atoms with Gasteiger partial charge in [-0.25, -0.2) is 4.79 Å². The molecular weight excluding hydrogens is 214 g/mol. The molecule has 0 fully saturated rings. The van der Waals surface area contributed by atoms with Gasteiger partial charge in [-0.15, -0.1) is 0 Å². The molecular formula is C11H13NO4. The largest absolute Gasteiger partial charge is 0.480 e. The molecule has 1 rings (SSSR count). The summed E-state index contributed by atoms with van der Waals surface area (Å²) in [6.45, 7) is 1.49. The average Bonchev–Trinajstić information content (AvgIpc) is 2.27. The molecule has 0 saturated carbocycles. The van der Waals surface area contributed by atoms with E-state index in [0.29, 0.717) is 0 Å². The molecule has 86 valence electrons. The molecule has 0 saturated heterocycles. The smallest absolute Gasteiger partial charge is 0.408 e. The standard InChI is InChI=1S/C11H13NO4/c1-8(10(13)14)12-11(15)16-7-9-5-3-2-4-6-9/h2-6,8H,7H2,1H3,(H,12,15)(H,13,14)/t8-/m0/s1/i1+1,8+1,10+1,12+1. The van der Waals surface area contributed by atoms with Crippen LogP contribution in [0.4, 0.5) is 4.79 Å². The van der Waals surface area contributed by atoms with Crippen molar-refractivity contribution in [3.63, 3.8) is 0 Å². The van der Waals surface area contributed by atoms with E-state index in [2.05, 4.69) is 5.32 Å². The number of nitrogens with one attached hydrogen (secondary N) is 1. The number of alkyl carbamates (subject to hydrolysis) is 1. The Morgan fingerprint density at radius 1 is 1.38 bits per heavy atom. The second kappa shape index (κ2) is 5.75. The second-order valence-electron chi connectivity index (χ2n) is 3.27. The van der Waals surface area contributed by atoms with Crippen LogP contribution >= 0.6 is 0 Å². The first kappa shape index (κ1) is 12.0. The normalized spacial score (nSPS) is 11.6. The number of benzene rings is 1.